The number of hydrogen-bond donors (Lipinski definition) is 2. The fraction of sp³-hybridized carbons (Fsp3) is 0.167. The molecule has 1 heterocycles. The first-order valence-corrected chi connectivity index (χ1v) is 7.68. The van der Waals surface area contributed by atoms with Crippen molar-refractivity contribution < 1.29 is 31.1 Å². The number of halogens is 6. The van der Waals surface area contributed by atoms with Crippen LogP contribution in [0.4, 0.5) is 32.0 Å². The third-order valence-corrected chi connectivity index (χ3v) is 3.85. The Kier molecular flexibility index (Phi) is 4.63. The van der Waals surface area contributed by atoms with Crippen molar-refractivity contribution >= 4 is 22.5 Å². The van der Waals surface area contributed by atoms with Gasteiger partial charge in [-0.05, 0) is 47.3 Å². The first-order chi connectivity index (χ1) is 12.5. The molecule has 1 aromatic heterocycles. The normalized spacial score (nSPS) is 12.4. The molecule has 0 aliphatic carbocycles. The highest BCUT2D eigenvalue weighted by Crippen LogP contribution is 2.37. The number of alkyl halides is 6. The second-order valence-corrected chi connectivity index (χ2v) is 5.92. The Bertz CT molecular complexity index is 955. The van der Waals surface area contributed by atoms with Gasteiger partial charge in [0, 0.05) is 17.4 Å². The SMILES string of the molecule is O=C(Cc1ccc2[nH]ccc2c1)Nc1cc(C(F)(F)F)cc(C(F)(F)F)c1. The summed E-state index contributed by atoms with van der Waals surface area (Å²) in [4.78, 5) is 15.1. The highest BCUT2D eigenvalue weighted by molar-refractivity contribution is 5.93. The highest BCUT2D eigenvalue weighted by Gasteiger charge is 2.37. The molecule has 0 aliphatic rings. The van der Waals surface area contributed by atoms with Crippen molar-refractivity contribution in [3.63, 3.8) is 0 Å². The molecule has 3 rings (SSSR count). The van der Waals surface area contributed by atoms with Gasteiger partial charge >= 0.3 is 12.4 Å². The number of amides is 1. The Morgan fingerprint density at radius 3 is 2.11 bits per heavy atom. The summed E-state index contributed by atoms with van der Waals surface area (Å²) in [7, 11) is 0. The fourth-order valence-electron chi connectivity index (χ4n) is 2.63. The molecule has 0 saturated carbocycles. The van der Waals surface area contributed by atoms with E-state index in [2.05, 4.69) is 10.3 Å². The zero-order valence-corrected chi connectivity index (χ0v) is 13.5. The summed E-state index contributed by atoms with van der Waals surface area (Å²) < 4.78 is 77.1. The number of anilines is 1. The van der Waals surface area contributed by atoms with Crippen molar-refractivity contribution in [2.75, 3.05) is 5.32 Å². The maximum atomic E-state index is 12.9. The minimum Gasteiger partial charge on any atom is -0.361 e. The van der Waals surface area contributed by atoms with Crippen molar-refractivity contribution in [1.29, 1.82) is 0 Å². The highest BCUT2D eigenvalue weighted by atomic mass is 19.4. The average molecular weight is 386 g/mol. The number of aromatic nitrogens is 1. The molecule has 27 heavy (non-hydrogen) atoms. The molecule has 0 spiro atoms. The number of benzene rings is 2. The summed E-state index contributed by atoms with van der Waals surface area (Å²) in [5.74, 6) is -0.725. The van der Waals surface area contributed by atoms with Crippen LogP contribution < -0.4 is 5.32 Å². The quantitative estimate of drug-likeness (QED) is 0.583. The Morgan fingerprint density at radius 2 is 1.52 bits per heavy atom. The maximum Gasteiger partial charge on any atom is 0.416 e. The van der Waals surface area contributed by atoms with Crippen LogP contribution in [0.25, 0.3) is 10.9 Å². The van der Waals surface area contributed by atoms with E-state index in [1.807, 2.05) is 0 Å². The Morgan fingerprint density at radius 1 is 0.889 bits per heavy atom. The fourth-order valence-corrected chi connectivity index (χ4v) is 2.63. The molecule has 142 valence electrons. The van der Waals surface area contributed by atoms with E-state index in [9.17, 15) is 31.1 Å². The lowest BCUT2D eigenvalue weighted by molar-refractivity contribution is -0.143. The summed E-state index contributed by atoms with van der Waals surface area (Å²) in [6.07, 6.45) is -8.44. The predicted molar refractivity (Wildman–Crippen MR) is 87.1 cm³/mol. The summed E-state index contributed by atoms with van der Waals surface area (Å²) in [5, 5.41) is 2.94. The van der Waals surface area contributed by atoms with Crippen LogP contribution in [0.15, 0.2) is 48.7 Å². The van der Waals surface area contributed by atoms with Crippen LogP contribution in [0.5, 0.6) is 0 Å². The van der Waals surface area contributed by atoms with Gasteiger partial charge in [0.25, 0.3) is 0 Å². The minimum absolute atomic E-state index is 0.00941. The van der Waals surface area contributed by atoms with E-state index in [0.29, 0.717) is 17.7 Å². The standard InChI is InChI=1S/C18H12F6N2O/c19-17(20,21)12-7-13(18(22,23)24)9-14(8-12)26-16(27)6-10-1-2-15-11(5-10)3-4-25-15/h1-5,7-9,25H,6H2,(H,26,27). The van der Waals surface area contributed by atoms with E-state index in [-0.39, 0.29) is 12.5 Å². The Balaban J connectivity index is 1.83. The smallest absolute Gasteiger partial charge is 0.361 e. The molecule has 1 amide bonds. The topological polar surface area (TPSA) is 44.9 Å². The van der Waals surface area contributed by atoms with E-state index in [4.69, 9.17) is 0 Å². The van der Waals surface area contributed by atoms with Crippen LogP contribution in [0.3, 0.4) is 0 Å². The molecule has 0 unspecified atom stereocenters. The molecule has 0 fully saturated rings. The van der Waals surface area contributed by atoms with Crippen LogP contribution in [0, 0.1) is 0 Å². The number of hydrogen-bond acceptors (Lipinski definition) is 1. The first-order valence-electron chi connectivity index (χ1n) is 7.68. The van der Waals surface area contributed by atoms with Gasteiger partial charge in [0.15, 0.2) is 0 Å². The minimum atomic E-state index is -4.97. The van der Waals surface area contributed by atoms with Crippen molar-refractivity contribution in [3.05, 3.63) is 65.4 Å². The monoisotopic (exact) mass is 386 g/mol. The molecule has 0 bridgehead atoms. The van der Waals surface area contributed by atoms with Crippen LogP contribution in [-0.2, 0) is 23.6 Å². The number of H-pyrrole nitrogens is 1. The van der Waals surface area contributed by atoms with Gasteiger partial charge in [-0.2, -0.15) is 26.3 Å². The second kappa shape index (κ2) is 6.64. The molecule has 0 aliphatic heterocycles. The van der Waals surface area contributed by atoms with Crippen molar-refractivity contribution in [2.45, 2.75) is 18.8 Å². The third kappa shape index (κ3) is 4.42. The maximum absolute atomic E-state index is 12.9. The lowest BCUT2D eigenvalue weighted by Crippen LogP contribution is -2.17. The van der Waals surface area contributed by atoms with Gasteiger partial charge in [-0.3, -0.25) is 4.79 Å². The summed E-state index contributed by atoms with van der Waals surface area (Å²) in [6.45, 7) is 0. The Hall–Kier alpha value is -2.97. The number of fused-ring (bicyclic) bond motifs is 1. The molecule has 2 aromatic carbocycles. The van der Waals surface area contributed by atoms with Crippen LogP contribution >= 0.6 is 0 Å². The molecule has 0 atom stereocenters. The van der Waals surface area contributed by atoms with Gasteiger partial charge < -0.3 is 10.3 Å². The van der Waals surface area contributed by atoms with Gasteiger partial charge in [-0.25, -0.2) is 0 Å². The number of rotatable bonds is 3. The lowest BCUT2D eigenvalue weighted by atomic mass is 10.1. The van der Waals surface area contributed by atoms with Crippen molar-refractivity contribution in [1.82, 2.24) is 4.98 Å². The average Bonchev–Trinajstić information content (AvgIpc) is 3.00. The third-order valence-electron chi connectivity index (χ3n) is 3.85. The number of carbonyl (C=O) groups is 1. The molecule has 2 N–H and O–H groups in total. The van der Waals surface area contributed by atoms with E-state index in [1.165, 1.54) is 0 Å². The Labute approximate surface area is 149 Å². The molecule has 0 saturated heterocycles. The summed E-state index contributed by atoms with van der Waals surface area (Å²) in [6, 6.07) is 7.81. The van der Waals surface area contributed by atoms with Crippen LogP contribution in [-0.4, -0.2) is 10.9 Å². The molecule has 3 nitrogen and oxygen atoms in total. The number of nitrogens with one attached hydrogen (secondary N) is 2. The van der Waals surface area contributed by atoms with E-state index >= 15 is 0 Å². The molecule has 3 aromatic rings. The van der Waals surface area contributed by atoms with Crippen LogP contribution in [0.2, 0.25) is 0 Å². The summed E-state index contributed by atoms with van der Waals surface area (Å²) >= 11 is 0. The van der Waals surface area contributed by atoms with Gasteiger partial charge in [-0.15, -0.1) is 0 Å². The van der Waals surface area contributed by atoms with E-state index in [1.54, 1.807) is 30.5 Å². The molecular formula is C18H12F6N2O. The van der Waals surface area contributed by atoms with Gasteiger partial charge in [0.2, 0.25) is 5.91 Å². The molecule has 9 heteroatoms. The largest absolute Gasteiger partial charge is 0.416 e. The first kappa shape index (κ1) is 18.8. The predicted octanol–water partition coefficient (Wildman–Crippen LogP) is 5.39. The van der Waals surface area contributed by atoms with E-state index in [0.717, 1.165) is 10.9 Å². The van der Waals surface area contributed by atoms with Gasteiger partial charge in [0.05, 0.1) is 17.5 Å². The van der Waals surface area contributed by atoms with Crippen LogP contribution in [0.1, 0.15) is 16.7 Å². The molecular weight excluding hydrogens is 374 g/mol. The van der Waals surface area contributed by atoms with Crippen molar-refractivity contribution in [3.8, 4) is 0 Å². The van der Waals surface area contributed by atoms with Gasteiger partial charge in [0.1, 0.15) is 0 Å². The zero-order valence-electron chi connectivity index (χ0n) is 13.5. The van der Waals surface area contributed by atoms with Gasteiger partial charge in [-0.1, -0.05) is 6.07 Å². The number of carbonyl (C=O) groups excluding carboxylic acids is 1. The zero-order chi connectivity index (χ0) is 19.8. The van der Waals surface area contributed by atoms with E-state index < -0.39 is 35.1 Å². The molecule has 0 radical (unpaired) electrons. The van der Waals surface area contributed by atoms with Crippen molar-refractivity contribution in [2.24, 2.45) is 0 Å². The second-order valence-electron chi connectivity index (χ2n) is 5.92. The number of aromatic amines is 1. The summed E-state index contributed by atoms with van der Waals surface area (Å²) in [5.41, 5.74) is -2.12. The lowest BCUT2D eigenvalue weighted by Gasteiger charge is -2.14.